The zero-order chi connectivity index (χ0) is 11.8. The SMILES string of the molecule is C=CC(C)CCC(C)C(C)/C=C\C(C)C. The molecule has 0 rings (SSSR count). The Morgan fingerprint density at radius 1 is 0.933 bits per heavy atom. The van der Waals surface area contributed by atoms with E-state index in [9.17, 15) is 0 Å². The first-order valence-electron chi connectivity index (χ1n) is 6.28. The van der Waals surface area contributed by atoms with Crippen molar-refractivity contribution in [3.63, 3.8) is 0 Å². The summed E-state index contributed by atoms with van der Waals surface area (Å²) < 4.78 is 0. The maximum absolute atomic E-state index is 3.83. The molecule has 3 unspecified atom stereocenters. The first-order chi connectivity index (χ1) is 6.97. The van der Waals surface area contributed by atoms with Crippen LogP contribution < -0.4 is 0 Å². The van der Waals surface area contributed by atoms with Crippen LogP contribution in [0.15, 0.2) is 24.8 Å². The van der Waals surface area contributed by atoms with Gasteiger partial charge >= 0.3 is 0 Å². The molecule has 0 heteroatoms. The predicted octanol–water partition coefficient (Wildman–Crippen LogP) is 5.07. The first-order valence-corrected chi connectivity index (χ1v) is 6.28. The van der Waals surface area contributed by atoms with Gasteiger partial charge in [0.1, 0.15) is 0 Å². The Bertz CT molecular complexity index is 188. The Balaban J connectivity index is 3.88. The van der Waals surface area contributed by atoms with E-state index in [1.165, 1.54) is 12.8 Å². The van der Waals surface area contributed by atoms with Crippen molar-refractivity contribution in [1.29, 1.82) is 0 Å². The van der Waals surface area contributed by atoms with Gasteiger partial charge < -0.3 is 0 Å². The minimum Gasteiger partial charge on any atom is -0.103 e. The second-order valence-electron chi connectivity index (χ2n) is 5.26. The van der Waals surface area contributed by atoms with Gasteiger partial charge in [-0.2, -0.15) is 0 Å². The van der Waals surface area contributed by atoms with Gasteiger partial charge in [0.25, 0.3) is 0 Å². The molecule has 0 bridgehead atoms. The summed E-state index contributed by atoms with van der Waals surface area (Å²) in [5.74, 6) is 2.81. The summed E-state index contributed by atoms with van der Waals surface area (Å²) in [6.07, 6.45) is 9.31. The van der Waals surface area contributed by atoms with Gasteiger partial charge in [0.2, 0.25) is 0 Å². The van der Waals surface area contributed by atoms with Crippen LogP contribution in [0.4, 0.5) is 0 Å². The highest BCUT2D eigenvalue weighted by Crippen LogP contribution is 2.21. The Kier molecular flexibility index (Phi) is 7.46. The molecule has 0 radical (unpaired) electrons. The van der Waals surface area contributed by atoms with Crippen LogP contribution in [0.3, 0.4) is 0 Å². The summed E-state index contributed by atoms with van der Waals surface area (Å²) in [4.78, 5) is 0. The molecule has 0 aromatic heterocycles. The highest BCUT2D eigenvalue weighted by molar-refractivity contribution is 4.90. The van der Waals surface area contributed by atoms with Crippen LogP contribution in [0.25, 0.3) is 0 Å². The summed E-state index contributed by atoms with van der Waals surface area (Å²) >= 11 is 0. The van der Waals surface area contributed by atoms with Crippen LogP contribution in [0, 0.1) is 23.7 Å². The van der Waals surface area contributed by atoms with Gasteiger partial charge in [0.15, 0.2) is 0 Å². The maximum Gasteiger partial charge on any atom is -0.0236 e. The highest BCUT2D eigenvalue weighted by atomic mass is 14.2. The molecule has 0 nitrogen and oxygen atoms in total. The maximum atomic E-state index is 3.83. The average Bonchev–Trinajstić information content (AvgIpc) is 2.21. The summed E-state index contributed by atoms with van der Waals surface area (Å²) in [6, 6.07) is 0. The third-order valence-corrected chi connectivity index (χ3v) is 3.18. The Labute approximate surface area is 96.5 Å². The molecular weight excluding hydrogens is 180 g/mol. The fraction of sp³-hybridized carbons (Fsp3) is 0.733. The monoisotopic (exact) mass is 208 g/mol. The first kappa shape index (κ1) is 14.5. The topological polar surface area (TPSA) is 0 Å². The Hall–Kier alpha value is -0.520. The average molecular weight is 208 g/mol. The van der Waals surface area contributed by atoms with Gasteiger partial charge in [-0.1, -0.05) is 52.8 Å². The third kappa shape index (κ3) is 7.41. The highest BCUT2D eigenvalue weighted by Gasteiger charge is 2.10. The van der Waals surface area contributed by atoms with Crippen molar-refractivity contribution in [2.75, 3.05) is 0 Å². The second kappa shape index (κ2) is 7.73. The normalized spacial score (nSPS) is 18.0. The molecule has 0 aromatic rings. The number of allylic oxidation sites excluding steroid dienone is 3. The van der Waals surface area contributed by atoms with Crippen molar-refractivity contribution >= 4 is 0 Å². The standard InChI is InChI=1S/C15H28/c1-7-13(4)9-11-15(6)14(5)10-8-12(2)3/h7-8,10,12-15H,1,9,11H2,2-6H3/b10-8-. The summed E-state index contributed by atoms with van der Waals surface area (Å²) in [6.45, 7) is 15.2. The number of rotatable bonds is 7. The molecule has 15 heavy (non-hydrogen) atoms. The molecule has 0 amide bonds. The van der Waals surface area contributed by atoms with Crippen molar-refractivity contribution in [1.82, 2.24) is 0 Å². The molecule has 0 aliphatic carbocycles. The van der Waals surface area contributed by atoms with E-state index in [4.69, 9.17) is 0 Å². The molecule has 0 saturated heterocycles. The molecule has 0 saturated carbocycles. The number of hydrogen-bond acceptors (Lipinski definition) is 0. The van der Waals surface area contributed by atoms with E-state index >= 15 is 0 Å². The molecule has 0 aromatic carbocycles. The largest absolute Gasteiger partial charge is 0.103 e. The van der Waals surface area contributed by atoms with Gasteiger partial charge in [-0.3, -0.25) is 0 Å². The van der Waals surface area contributed by atoms with Crippen LogP contribution in [0.1, 0.15) is 47.5 Å². The van der Waals surface area contributed by atoms with Crippen molar-refractivity contribution < 1.29 is 0 Å². The molecule has 3 atom stereocenters. The van der Waals surface area contributed by atoms with Crippen LogP contribution >= 0.6 is 0 Å². The van der Waals surface area contributed by atoms with Gasteiger partial charge in [-0.15, -0.1) is 6.58 Å². The quantitative estimate of drug-likeness (QED) is 0.512. The summed E-state index contributed by atoms with van der Waals surface area (Å²) in [5.41, 5.74) is 0. The van der Waals surface area contributed by atoms with E-state index in [2.05, 4.69) is 59.4 Å². The zero-order valence-corrected chi connectivity index (χ0v) is 11.2. The van der Waals surface area contributed by atoms with Crippen molar-refractivity contribution in [3.05, 3.63) is 24.8 Å². The molecular formula is C15H28. The van der Waals surface area contributed by atoms with E-state index in [0.29, 0.717) is 17.8 Å². The van der Waals surface area contributed by atoms with E-state index in [1.54, 1.807) is 0 Å². The lowest BCUT2D eigenvalue weighted by Gasteiger charge is -2.18. The van der Waals surface area contributed by atoms with E-state index < -0.39 is 0 Å². The zero-order valence-electron chi connectivity index (χ0n) is 11.2. The van der Waals surface area contributed by atoms with Crippen LogP contribution in [0.2, 0.25) is 0 Å². The van der Waals surface area contributed by atoms with Gasteiger partial charge in [-0.25, -0.2) is 0 Å². The Morgan fingerprint density at radius 3 is 2.00 bits per heavy atom. The molecule has 0 aliphatic heterocycles. The Morgan fingerprint density at radius 2 is 1.53 bits per heavy atom. The van der Waals surface area contributed by atoms with Crippen molar-refractivity contribution in [3.8, 4) is 0 Å². The minimum absolute atomic E-state index is 0.661. The number of hydrogen-bond donors (Lipinski definition) is 0. The van der Waals surface area contributed by atoms with E-state index in [-0.39, 0.29) is 0 Å². The molecule has 0 aliphatic rings. The van der Waals surface area contributed by atoms with Crippen LogP contribution in [0.5, 0.6) is 0 Å². The summed E-state index contributed by atoms with van der Waals surface area (Å²) in [7, 11) is 0. The van der Waals surface area contributed by atoms with Gasteiger partial charge in [0.05, 0.1) is 0 Å². The lowest BCUT2D eigenvalue weighted by molar-refractivity contribution is 0.394. The molecule has 0 fully saturated rings. The fourth-order valence-electron chi connectivity index (χ4n) is 1.49. The smallest absolute Gasteiger partial charge is 0.0236 e. The fourth-order valence-corrected chi connectivity index (χ4v) is 1.49. The second-order valence-corrected chi connectivity index (χ2v) is 5.26. The molecule has 88 valence electrons. The minimum atomic E-state index is 0.661. The van der Waals surface area contributed by atoms with Crippen LogP contribution in [-0.4, -0.2) is 0 Å². The van der Waals surface area contributed by atoms with E-state index in [0.717, 1.165) is 5.92 Å². The molecule has 0 heterocycles. The van der Waals surface area contributed by atoms with Crippen LogP contribution in [-0.2, 0) is 0 Å². The van der Waals surface area contributed by atoms with Gasteiger partial charge in [-0.05, 0) is 36.5 Å². The molecule has 0 spiro atoms. The lowest BCUT2D eigenvalue weighted by Crippen LogP contribution is -2.07. The third-order valence-electron chi connectivity index (χ3n) is 3.18. The van der Waals surface area contributed by atoms with E-state index in [1.807, 2.05) is 0 Å². The molecule has 0 N–H and O–H groups in total. The lowest BCUT2D eigenvalue weighted by atomic mass is 9.88. The predicted molar refractivity (Wildman–Crippen MR) is 70.9 cm³/mol. The van der Waals surface area contributed by atoms with Crippen molar-refractivity contribution in [2.45, 2.75) is 47.5 Å². The van der Waals surface area contributed by atoms with Crippen molar-refractivity contribution in [2.24, 2.45) is 23.7 Å². The summed E-state index contributed by atoms with van der Waals surface area (Å²) in [5, 5.41) is 0. The van der Waals surface area contributed by atoms with Gasteiger partial charge in [0, 0.05) is 0 Å².